The SMILES string of the molecule is CNc1cccc(Br)c1N(C)C=O. The molecule has 1 N–H and O–H groups in total. The summed E-state index contributed by atoms with van der Waals surface area (Å²) in [6, 6.07) is 5.73. The number of carbonyl (C=O) groups excluding carboxylic acids is 1. The molecule has 0 aliphatic carbocycles. The number of anilines is 2. The number of nitrogens with one attached hydrogen (secondary N) is 1. The highest BCUT2D eigenvalue weighted by atomic mass is 79.9. The van der Waals surface area contributed by atoms with Crippen LogP contribution in [0.4, 0.5) is 11.4 Å². The lowest BCUT2D eigenvalue weighted by Crippen LogP contribution is -2.15. The minimum Gasteiger partial charge on any atom is -0.386 e. The Kier molecular flexibility index (Phi) is 3.31. The number of hydrogen-bond acceptors (Lipinski definition) is 2. The van der Waals surface area contributed by atoms with Gasteiger partial charge in [0.05, 0.1) is 11.4 Å². The van der Waals surface area contributed by atoms with Crippen LogP contribution in [0, 0.1) is 0 Å². The van der Waals surface area contributed by atoms with Crippen molar-refractivity contribution in [1.29, 1.82) is 0 Å². The highest BCUT2D eigenvalue weighted by Crippen LogP contribution is 2.32. The Balaban J connectivity index is 3.22. The molecular formula is C9H11BrN2O. The first-order chi connectivity index (χ1) is 6.20. The molecule has 0 aromatic heterocycles. The Bertz CT molecular complexity index is 314. The van der Waals surface area contributed by atoms with Crippen LogP contribution in [0.3, 0.4) is 0 Å². The van der Waals surface area contributed by atoms with Crippen LogP contribution in [0.15, 0.2) is 22.7 Å². The Morgan fingerprint density at radius 2 is 2.23 bits per heavy atom. The van der Waals surface area contributed by atoms with Crippen LogP contribution >= 0.6 is 15.9 Å². The molecule has 0 saturated carbocycles. The van der Waals surface area contributed by atoms with Gasteiger partial charge in [0, 0.05) is 18.6 Å². The second-order valence-corrected chi connectivity index (χ2v) is 3.46. The zero-order valence-corrected chi connectivity index (χ0v) is 9.13. The maximum absolute atomic E-state index is 10.6. The molecule has 13 heavy (non-hydrogen) atoms. The van der Waals surface area contributed by atoms with Gasteiger partial charge in [-0.2, -0.15) is 0 Å². The van der Waals surface area contributed by atoms with Crippen LogP contribution in [0.25, 0.3) is 0 Å². The number of halogens is 1. The zero-order chi connectivity index (χ0) is 9.84. The average molecular weight is 243 g/mol. The predicted octanol–water partition coefficient (Wildman–Crippen LogP) is 2.08. The zero-order valence-electron chi connectivity index (χ0n) is 7.54. The average Bonchev–Trinajstić information content (AvgIpc) is 2.16. The van der Waals surface area contributed by atoms with Gasteiger partial charge in [0.1, 0.15) is 0 Å². The minimum atomic E-state index is 0.779. The van der Waals surface area contributed by atoms with E-state index in [4.69, 9.17) is 0 Å². The molecule has 70 valence electrons. The van der Waals surface area contributed by atoms with Crippen molar-refractivity contribution < 1.29 is 4.79 Å². The molecule has 3 nitrogen and oxygen atoms in total. The van der Waals surface area contributed by atoms with E-state index in [2.05, 4.69) is 21.2 Å². The van der Waals surface area contributed by atoms with Crippen molar-refractivity contribution in [2.75, 3.05) is 24.3 Å². The Labute approximate surface area is 85.9 Å². The Morgan fingerprint density at radius 3 is 2.77 bits per heavy atom. The van der Waals surface area contributed by atoms with Crippen LogP contribution in [0.2, 0.25) is 0 Å². The van der Waals surface area contributed by atoms with Crippen LogP contribution in [-0.2, 0) is 4.79 Å². The molecule has 1 amide bonds. The van der Waals surface area contributed by atoms with Crippen LogP contribution in [-0.4, -0.2) is 20.5 Å². The molecular weight excluding hydrogens is 232 g/mol. The van der Waals surface area contributed by atoms with E-state index in [0.717, 1.165) is 22.3 Å². The smallest absolute Gasteiger partial charge is 0.213 e. The first-order valence-corrected chi connectivity index (χ1v) is 4.64. The van der Waals surface area contributed by atoms with Crippen LogP contribution < -0.4 is 10.2 Å². The van der Waals surface area contributed by atoms with Crippen molar-refractivity contribution in [2.45, 2.75) is 0 Å². The molecule has 0 saturated heterocycles. The Hall–Kier alpha value is -1.03. The fourth-order valence-corrected chi connectivity index (χ4v) is 1.77. The molecule has 4 heteroatoms. The number of benzene rings is 1. The lowest BCUT2D eigenvalue weighted by molar-refractivity contribution is -0.107. The maximum atomic E-state index is 10.6. The first-order valence-electron chi connectivity index (χ1n) is 3.85. The summed E-state index contributed by atoms with van der Waals surface area (Å²) in [4.78, 5) is 12.1. The molecule has 0 atom stereocenters. The topological polar surface area (TPSA) is 32.3 Å². The molecule has 0 aliphatic heterocycles. The number of rotatable bonds is 3. The minimum absolute atomic E-state index is 0.779. The molecule has 0 aliphatic rings. The van der Waals surface area contributed by atoms with Gasteiger partial charge in [0.15, 0.2) is 0 Å². The third-order valence-corrected chi connectivity index (χ3v) is 2.41. The van der Waals surface area contributed by atoms with Gasteiger partial charge in [-0.25, -0.2) is 0 Å². The lowest BCUT2D eigenvalue weighted by Gasteiger charge is -2.17. The summed E-state index contributed by atoms with van der Waals surface area (Å²) >= 11 is 3.39. The van der Waals surface area contributed by atoms with Gasteiger partial charge >= 0.3 is 0 Å². The van der Waals surface area contributed by atoms with E-state index in [1.54, 1.807) is 7.05 Å². The summed E-state index contributed by atoms with van der Waals surface area (Å²) in [7, 11) is 3.54. The molecule has 0 heterocycles. The molecule has 1 aromatic carbocycles. The monoisotopic (exact) mass is 242 g/mol. The van der Waals surface area contributed by atoms with E-state index in [1.807, 2.05) is 25.2 Å². The standard InChI is InChI=1S/C9H11BrN2O/c1-11-8-5-3-4-7(10)9(8)12(2)6-13/h3-6,11H,1-2H3. The second-order valence-electron chi connectivity index (χ2n) is 2.60. The van der Waals surface area contributed by atoms with Gasteiger partial charge < -0.3 is 10.2 Å². The number of para-hydroxylation sites is 1. The fourth-order valence-electron chi connectivity index (χ4n) is 1.13. The van der Waals surface area contributed by atoms with E-state index in [9.17, 15) is 4.79 Å². The van der Waals surface area contributed by atoms with E-state index in [1.165, 1.54) is 4.90 Å². The third-order valence-electron chi connectivity index (χ3n) is 1.77. The molecule has 1 aromatic rings. The quantitative estimate of drug-likeness (QED) is 0.824. The van der Waals surface area contributed by atoms with E-state index in [0.29, 0.717) is 0 Å². The third kappa shape index (κ3) is 2.01. The molecule has 0 radical (unpaired) electrons. The molecule has 0 spiro atoms. The normalized spacial score (nSPS) is 9.46. The largest absolute Gasteiger partial charge is 0.386 e. The molecule has 0 unspecified atom stereocenters. The fraction of sp³-hybridized carbons (Fsp3) is 0.222. The lowest BCUT2D eigenvalue weighted by atomic mass is 10.2. The van der Waals surface area contributed by atoms with Gasteiger partial charge in [-0.15, -0.1) is 0 Å². The van der Waals surface area contributed by atoms with Crippen molar-refractivity contribution in [3.05, 3.63) is 22.7 Å². The highest BCUT2D eigenvalue weighted by Gasteiger charge is 2.08. The maximum Gasteiger partial charge on any atom is 0.213 e. The van der Waals surface area contributed by atoms with Crippen LogP contribution in [0.1, 0.15) is 0 Å². The Morgan fingerprint density at radius 1 is 1.54 bits per heavy atom. The summed E-state index contributed by atoms with van der Waals surface area (Å²) in [5, 5.41) is 3.02. The molecule has 0 fully saturated rings. The van der Waals surface area contributed by atoms with E-state index >= 15 is 0 Å². The summed E-state index contributed by atoms with van der Waals surface area (Å²) in [5.41, 5.74) is 1.77. The first kappa shape index (κ1) is 10.1. The van der Waals surface area contributed by atoms with Gasteiger partial charge in [-0.05, 0) is 28.1 Å². The summed E-state index contributed by atoms with van der Waals surface area (Å²) < 4.78 is 0.897. The predicted molar refractivity (Wildman–Crippen MR) is 58.2 cm³/mol. The molecule has 0 bridgehead atoms. The number of hydrogen-bond donors (Lipinski definition) is 1. The molecule has 1 rings (SSSR count). The van der Waals surface area contributed by atoms with Gasteiger partial charge in [0.2, 0.25) is 6.41 Å². The van der Waals surface area contributed by atoms with Gasteiger partial charge in [0.25, 0.3) is 0 Å². The van der Waals surface area contributed by atoms with Crippen molar-refractivity contribution in [2.24, 2.45) is 0 Å². The van der Waals surface area contributed by atoms with Crippen molar-refractivity contribution >= 4 is 33.7 Å². The highest BCUT2D eigenvalue weighted by molar-refractivity contribution is 9.10. The van der Waals surface area contributed by atoms with Crippen molar-refractivity contribution in [1.82, 2.24) is 0 Å². The number of carbonyl (C=O) groups is 1. The number of amides is 1. The van der Waals surface area contributed by atoms with Gasteiger partial charge in [-0.1, -0.05) is 6.07 Å². The second kappa shape index (κ2) is 4.28. The van der Waals surface area contributed by atoms with Crippen LogP contribution in [0.5, 0.6) is 0 Å². The summed E-state index contributed by atoms with van der Waals surface area (Å²) in [5.74, 6) is 0. The summed E-state index contributed by atoms with van der Waals surface area (Å²) in [6.07, 6.45) is 0.779. The van der Waals surface area contributed by atoms with Crippen molar-refractivity contribution in [3.8, 4) is 0 Å². The number of nitrogens with zero attached hydrogens (tertiary/aromatic N) is 1. The van der Waals surface area contributed by atoms with E-state index in [-0.39, 0.29) is 0 Å². The summed E-state index contributed by atoms with van der Waals surface area (Å²) in [6.45, 7) is 0. The van der Waals surface area contributed by atoms with Gasteiger partial charge in [-0.3, -0.25) is 4.79 Å². The van der Waals surface area contributed by atoms with E-state index < -0.39 is 0 Å². The van der Waals surface area contributed by atoms with Crippen molar-refractivity contribution in [3.63, 3.8) is 0 Å².